The molecule has 2 heterocycles. The summed E-state index contributed by atoms with van der Waals surface area (Å²) in [5.41, 5.74) is 3.04. The zero-order valence-electron chi connectivity index (χ0n) is 16.7. The molecule has 0 saturated heterocycles. The smallest absolute Gasteiger partial charge is 0.134 e. The molecule has 0 bridgehead atoms. The molecule has 140 valence electrons. The lowest BCUT2D eigenvalue weighted by Gasteiger charge is -1.89. The molecule has 0 aliphatic carbocycles. The number of aryl methyl sites for hydroxylation is 1. The molecule has 0 aliphatic rings. The zero-order chi connectivity index (χ0) is 21.1. The summed E-state index contributed by atoms with van der Waals surface area (Å²) in [5.74, 6) is 0.272. The second kappa shape index (κ2) is 13.0. The van der Waals surface area contributed by atoms with E-state index in [2.05, 4.69) is 13.0 Å². The lowest BCUT2D eigenvalue weighted by Crippen LogP contribution is -1.74. The molecule has 2 aromatic heterocycles. The number of hydrogen-bond acceptors (Lipinski definition) is 5. The van der Waals surface area contributed by atoms with Crippen molar-refractivity contribution in [2.45, 2.75) is 6.92 Å². The first-order valence-electron chi connectivity index (χ1n) is 8.45. The molecule has 7 heteroatoms. The highest BCUT2D eigenvalue weighted by Crippen LogP contribution is 2.19. The molecule has 0 aliphatic heterocycles. The molecule has 2 aromatic carbocycles. The number of nitrogens with one attached hydrogen (secondary N) is 2. The highest BCUT2D eigenvalue weighted by molar-refractivity contribution is 14.1. The molecular weight excluding hydrogens is 558 g/mol. The van der Waals surface area contributed by atoms with Gasteiger partial charge in [-0.1, -0.05) is 11.6 Å². The Labute approximate surface area is 184 Å². The monoisotopic (exact) mass is 584 g/mol. The lowest BCUT2D eigenvalue weighted by atomic mass is 10.2. The van der Waals surface area contributed by atoms with Crippen LogP contribution in [0.2, 0.25) is 2.82 Å². The maximum atomic E-state index is 9.01. The fraction of sp³-hybridized carbons (Fsp3) is 0.158. The van der Waals surface area contributed by atoms with Gasteiger partial charge in [-0.15, -0.1) is 0 Å². The third-order valence-corrected chi connectivity index (χ3v) is 3.04. The second-order valence-corrected chi connectivity index (χ2v) is 6.87. The summed E-state index contributed by atoms with van der Waals surface area (Å²) in [6, 6.07) is 14.9. The average molecular weight is 584 g/mol. The third kappa shape index (κ3) is 7.94. The van der Waals surface area contributed by atoms with Crippen LogP contribution in [-0.2, 0) is 0 Å². The minimum Gasteiger partial charge on any atom is -0.508 e. The van der Waals surface area contributed by atoms with Gasteiger partial charge in [-0.25, -0.2) is 0 Å². The van der Waals surface area contributed by atoms with Crippen molar-refractivity contribution in [2.75, 3.05) is 14.1 Å². The summed E-state index contributed by atoms with van der Waals surface area (Å²) in [4.78, 5) is 0. The van der Waals surface area contributed by atoms with Crippen LogP contribution in [0.4, 0.5) is 0 Å². The molecule has 0 atom stereocenters. The Balaban J connectivity index is 0.000000206. The van der Waals surface area contributed by atoms with Gasteiger partial charge >= 0.3 is 0 Å². The molecule has 26 heavy (non-hydrogen) atoms. The van der Waals surface area contributed by atoms with Crippen LogP contribution in [0.3, 0.4) is 0 Å². The van der Waals surface area contributed by atoms with Crippen LogP contribution in [0.25, 0.3) is 21.9 Å². The molecular formula is C19H22I2N2O3. The molecule has 0 unspecified atom stereocenters. The molecule has 3 N–H and O–H groups in total. The summed E-state index contributed by atoms with van der Waals surface area (Å²) in [5, 5.41) is 11.1. The SMILES string of the molecule is Cc1ccc2occc2c1.Oc1ccc2occc2c1.[3H]N(C)I.[3H]N(C)I. The Morgan fingerprint density at radius 2 is 1.31 bits per heavy atom. The quantitative estimate of drug-likeness (QED) is 0.175. The fourth-order valence-corrected chi connectivity index (χ4v) is 2.04. The van der Waals surface area contributed by atoms with E-state index in [0.717, 1.165) is 16.6 Å². The Morgan fingerprint density at radius 3 is 1.85 bits per heavy atom. The highest BCUT2D eigenvalue weighted by Gasteiger charge is 1.95. The molecule has 0 amide bonds. The van der Waals surface area contributed by atoms with Gasteiger partial charge in [0.2, 0.25) is 0 Å². The molecule has 5 nitrogen and oxygen atoms in total. The van der Waals surface area contributed by atoms with Gasteiger partial charge in [0.15, 0.2) is 0 Å². The van der Waals surface area contributed by atoms with Gasteiger partial charge in [0, 0.05) is 56.5 Å². The minimum atomic E-state index is 0.272. The number of rotatable bonds is 0. The van der Waals surface area contributed by atoms with Crippen LogP contribution < -0.4 is 7.05 Å². The van der Waals surface area contributed by atoms with Crippen LogP contribution in [0, 0.1) is 6.92 Å². The Morgan fingerprint density at radius 1 is 0.846 bits per heavy atom. The van der Waals surface area contributed by atoms with Crippen molar-refractivity contribution in [3.8, 4) is 5.75 Å². The molecule has 0 fully saturated rings. The largest absolute Gasteiger partial charge is 0.508 e. The van der Waals surface area contributed by atoms with Crippen molar-refractivity contribution < 1.29 is 16.8 Å². The average Bonchev–Trinajstić information content (AvgIpc) is 3.22. The maximum absolute atomic E-state index is 9.01. The number of fused-ring (bicyclic) bond motifs is 2. The van der Waals surface area contributed by atoms with Gasteiger partial charge in [-0.3, -0.25) is 7.05 Å². The number of furan rings is 2. The van der Waals surface area contributed by atoms with E-state index in [-0.39, 0.29) is 5.75 Å². The number of phenolic OH excluding ortho intramolecular Hbond substituents is 1. The molecule has 0 spiro atoms. The van der Waals surface area contributed by atoms with Gasteiger partial charge in [-0.2, -0.15) is 0 Å². The Hall–Kier alpha value is -1.30. The van der Waals surface area contributed by atoms with Crippen molar-refractivity contribution in [1.29, 1.82) is 0 Å². The van der Waals surface area contributed by atoms with E-state index in [1.54, 1.807) is 44.8 Å². The van der Waals surface area contributed by atoms with E-state index in [1.807, 2.05) is 70.0 Å². The van der Waals surface area contributed by atoms with Crippen LogP contribution in [0.15, 0.2) is 69.9 Å². The van der Waals surface area contributed by atoms with Crippen LogP contribution in [-0.4, -0.2) is 19.2 Å². The Bertz CT molecular complexity index is 875. The van der Waals surface area contributed by atoms with Gasteiger partial charge in [0.25, 0.3) is 0 Å². The van der Waals surface area contributed by atoms with E-state index in [0.29, 0.717) is 0 Å². The summed E-state index contributed by atoms with van der Waals surface area (Å²) in [6.07, 6.45) is 3.31. The van der Waals surface area contributed by atoms with Crippen molar-refractivity contribution in [3.63, 3.8) is 0 Å². The van der Waals surface area contributed by atoms with E-state index in [4.69, 9.17) is 16.8 Å². The van der Waals surface area contributed by atoms with Gasteiger partial charge in [0.1, 0.15) is 19.7 Å². The van der Waals surface area contributed by atoms with Crippen molar-refractivity contribution in [2.24, 2.45) is 0 Å². The van der Waals surface area contributed by atoms with Crippen molar-refractivity contribution >= 4 is 67.7 Å². The maximum Gasteiger partial charge on any atom is 0.134 e. The van der Waals surface area contributed by atoms with Crippen LogP contribution in [0.5, 0.6) is 5.75 Å². The number of halogens is 2. The van der Waals surface area contributed by atoms with Gasteiger partial charge in [0.05, 0.1) is 12.5 Å². The third-order valence-electron chi connectivity index (χ3n) is 3.04. The number of hydrogen-bond donors (Lipinski definition) is 3. The lowest BCUT2D eigenvalue weighted by molar-refractivity contribution is 0.476. The summed E-state index contributed by atoms with van der Waals surface area (Å²) >= 11 is 3.69. The van der Waals surface area contributed by atoms with Crippen molar-refractivity contribution in [3.05, 3.63) is 66.6 Å². The Kier molecular flexibility index (Phi) is 9.70. The predicted octanol–water partition coefficient (Wildman–Crippen LogP) is 5.99. The predicted molar refractivity (Wildman–Crippen MR) is 125 cm³/mol. The van der Waals surface area contributed by atoms with Crippen LogP contribution in [0.1, 0.15) is 5.56 Å². The van der Waals surface area contributed by atoms with Gasteiger partial charge in [-0.05, 0) is 63.5 Å². The summed E-state index contributed by atoms with van der Waals surface area (Å²) in [6.45, 7) is 2.08. The van der Waals surface area contributed by atoms with E-state index < -0.39 is 0 Å². The first-order chi connectivity index (χ1) is 13.2. The highest BCUT2D eigenvalue weighted by atomic mass is 127. The van der Waals surface area contributed by atoms with E-state index in [1.165, 1.54) is 18.0 Å². The first-order valence-corrected chi connectivity index (χ1v) is 9.49. The fourth-order valence-electron chi connectivity index (χ4n) is 2.04. The summed E-state index contributed by atoms with van der Waals surface area (Å²) < 4.78 is 25.5. The minimum absolute atomic E-state index is 0.272. The van der Waals surface area contributed by atoms with Crippen molar-refractivity contribution in [1.82, 2.24) is 7.05 Å². The van der Waals surface area contributed by atoms with E-state index >= 15 is 0 Å². The molecule has 0 radical (unpaired) electrons. The van der Waals surface area contributed by atoms with Gasteiger partial charge < -0.3 is 13.9 Å². The normalized spacial score (nSPS) is 10.9. The topological polar surface area (TPSA) is 70.6 Å². The standard InChI is InChI=1S/C9H8O.C8H6O2.2CH4IN/c1-7-2-3-9-8(6-7)4-5-10-9;9-7-1-2-8-6(5-7)3-4-10-8;2*1-3-2/h2-6H,1H3;1-5,9H;2*3H,1H3/i/hT2. The first kappa shape index (κ1) is 19.5. The number of phenols is 1. The molecule has 4 rings (SSSR count). The second-order valence-electron chi connectivity index (χ2n) is 4.94. The van der Waals surface area contributed by atoms with E-state index in [9.17, 15) is 0 Å². The summed E-state index contributed by atoms with van der Waals surface area (Å²) in [7, 11) is 3.31. The molecule has 4 aromatic rings. The number of benzene rings is 2. The number of aromatic hydroxyl groups is 1. The zero-order valence-corrected chi connectivity index (χ0v) is 19.0. The van der Waals surface area contributed by atoms with Crippen LogP contribution >= 0.6 is 45.7 Å². The molecule has 0 saturated carbocycles.